The minimum Gasteiger partial charge on any atom is -0.372 e. The highest BCUT2D eigenvalue weighted by Crippen LogP contribution is 2.32. The van der Waals surface area contributed by atoms with Crippen LogP contribution >= 0.6 is 0 Å². The van der Waals surface area contributed by atoms with Crippen molar-refractivity contribution in [1.29, 1.82) is 0 Å². The molecular formula is C17H27N3. The lowest BCUT2D eigenvalue weighted by Gasteiger charge is -2.34. The van der Waals surface area contributed by atoms with Gasteiger partial charge in [0, 0.05) is 37.9 Å². The molecule has 2 heterocycles. The molecule has 0 saturated carbocycles. The van der Waals surface area contributed by atoms with Gasteiger partial charge >= 0.3 is 0 Å². The van der Waals surface area contributed by atoms with Gasteiger partial charge in [0.05, 0.1) is 0 Å². The van der Waals surface area contributed by atoms with Crippen LogP contribution in [-0.4, -0.2) is 37.6 Å². The Morgan fingerprint density at radius 3 is 2.65 bits per heavy atom. The summed E-state index contributed by atoms with van der Waals surface area (Å²) >= 11 is 0. The molecule has 0 amide bonds. The van der Waals surface area contributed by atoms with Crippen molar-refractivity contribution >= 4 is 5.69 Å². The van der Waals surface area contributed by atoms with Crippen LogP contribution < -0.4 is 10.2 Å². The van der Waals surface area contributed by atoms with E-state index in [0.717, 1.165) is 26.2 Å². The van der Waals surface area contributed by atoms with Gasteiger partial charge in [0.1, 0.15) is 0 Å². The maximum absolute atomic E-state index is 3.61. The number of fused-ring (bicyclic) bond motifs is 1. The molecule has 3 nitrogen and oxygen atoms in total. The molecule has 0 unspecified atom stereocenters. The number of likely N-dealkylation sites (tertiary alicyclic amines) is 1. The number of nitrogens with one attached hydrogen (secondary N) is 1. The van der Waals surface area contributed by atoms with Gasteiger partial charge in [-0.05, 0) is 63.0 Å². The van der Waals surface area contributed by atoms with E-state index < -0.39 is 0 Å². The average molecular weight is 273 g/mol. The van der Waals surface area contributed by atoms with E-state index in [-0.39, 0.29) is 0 Å². The number of benzene rings is 1. The lowest BCUT2D eigenvalue weighted by molar-refractivity contribution is 0.229. The third-order valence-corrected chi connectivity index (χ3v) is 4.85. The Morgan fingerprint density at radius 1 is 1.20 bits per heavy atom. The number of nitrogens with zero attached hydrogens (tertiary/aromatic N) is 2. The van der Waals surface area contributed by atoms with Gasteiger partial charge in [-0.2, -0.15) is 0 Å². The molecule has 1 aromatic carbocycles. The molecule has 110 valence electrons. The Morgan fingerprint density at radius 2 is 1.95 bits per heavy atom. The molecule has 0 radical (unpaired) electrons. The minimum absolute atomic E-state index is 0.590. The van der Waals surface area contributed by atoms with E-state index in [1.54, 1.807) is 5.56 Å². The van der Waals surface area contributed by atoms with Crippen LogP contribution in [0.4, 0.5) is 5.69 Å². The van der Waals surface area contributed by atoms with E-state index in [1.807, 2.05) is 0 Å². The highest BCUT2D eigenvalue weighted by Gasteiger charge is 2.27. The average Bonchev–Trinajstić information content (AvgIpc) is 3.02. The van der Waals surface area contributed by atoms with Crippen molar-refractivity contribution < 1.29 is 0 Å². The first kappa shape index (κ1) is 13.9. The van der Waals surface area contributed by atoms with E-state index >= 15 is 0 Å². The largest absolute Gasteiger partial charge is 0.372 e. The Hall–Kier alpha value is -1.06. The standard InChI is InChI=1S/C17H27N3/c1-3-19(4-2)15-7-8-16-14(11-15)12-18-13-17(16)20-9-5-6-10-20/h7-8,11,17-18H,3-6,9-10,12-13H2,1-2H3/t17-/m1/s1. The predicted molar refractivity (Wildman–Crippen MR) is 85.3 cm³/mol. The molecular weight excluding hydrogens is 246 g/mol. The summed E-state index contributed by atoms with van der Waals surface area (Å²) < 4.78 is 0. The zero-order valence-corrected chi connectivity index (χ0v) is 12.9. The number of hydrogen-bond donors (Lipinski definition) is 1. The number of rotatable bonds is 4. The second-order valence-electron chi connectivity index (χ2n) is 5.95. The maximum Gasteiger partial charge on any atom is 0.0476 e. The first-order chi connectivity index (χ1) is 9.83. The maximum atomic E-state index is 3.61. The van der Waals surface area contributed by atoms with Crippen LogP contribution in [0.15, 0.2) is 18.2 Å². The van der Waals surface area contributed by atoms with Gasteiger partial charge in [0.2, 0.25) is 0 Å². The second kappa shape index (κ2) is 6.15. The molecule has 1 aromatic rings. The van der Waals surface area contributed by atoms with E-state index in [4.69, 9.17) is 0 Å². The van der Waals surface area contributed by atoms with Crippen molar-refractivity contribution in [2.45, 2.75) is 39.3 Å². The molecule has 1 N–H and O–H groups in total. The van der Waals surface area contributed by atoms with Crippen LogP contribution in [0.5, 0.6) is 0 Å². The zero-order chi connectivity index (χ0) is 13.9. The molecule has 0 spiro atoms. The highest BCUT2D eigenvalue weighted by atomic mass is 15.2. The van der Waals surface area contributed by atoms with Gasteiger partial charge in [0.15, 0.2) is 0 Å². The lowest BCUT2D eigenvalue weighted by Crippen LogP contribution is -2.38. The monoisotopic (exact) mass is 273 g/mol. The molecule has 3 rings (SSSR count). The predicted octanol–water partition coefficient (Wildman–Crippen LogP) is 2.77. The Bertz CT molecular complexity index is 448. The molecule has 2 aliphatic heterocycles. The van der Waals surface area contributed by atoms with Crippen LogP contribution in [0.25, 0.3) is 0 Å². The van der Waals surface area contributed by atoms with E-state index in [1.165, 1.54) is 37.2 Å². The fourth-order valence-electron chi connectivity index (χ4n) is 3.69. The molecule has 3 heteroatoms. The van der Waals surface area contributed by atoms with Gasteiger partial charge in [0.25, 0.3) is 0 Å². The molecule has 1 atom stereocenters. The van der Waals surface area contributed by atoms with Gasteiger partial charge in [-0.25, -0.2) is 0 Å². The summed E-state index contributed by atoms with van der Waals surface area (Å²) in [7, 11) is 0. The summed E-state index contributed by atoms with van der Waals surface area (Å²) in [5, 5.41) is 3.61. The Kier molecular flexibility index (Phi) is 4.27. The molecule has 2 aliphatic rings. The number of hydrogen-bond acceptors (Lipinski definition) is 3. The molecule has 20 heavy (non-hydrogen) atoms. The van der Waals surface area contributed by atoms with Crippen LogP contribution in [-0.2, 0) is 6.54 Å². The fourth-order valence-corrected chi connectivity index (χ4v) is 3.69. The van der Waals surface area contributed by atoms with Crippen LogP contribution in [0.2, 0.25) is 0 Å². The summed E-state index contributed by atoms with van der Waals surface area (Å²) in [5.41, 5.74) is 4.43. The zero-order valence-electron chi connectivity index (χ0n) is 12.9. The van der Waals surface area contributed by atoms with Gasteiger partial charge < -0.3 is 10.2 Å². The second-order valence-corrected chi connectivity index (χ2v) is 5.95. The van der Waals surface area contributed by atoms with Crippen molar-refractivity contribution in [2.24, 2.45) is 0 Å². The molecule has 0 aliphatic carbocycles. The van der Waals surface area contributed by atoms with E-state index in [2.05, 4.69) is 47.2 Å². The summed E-state index contributed by atoms with van der Waals surface area (Å²) in [6, 6.07) is 7.69. The first-order valence-corrected chi connectivity index (χ1v) is 8.16. The topological polar surface area (TPSA) is 18.5 Å². The summed E-state index contributed by atoms with van der Waals surface area (Å²) in [6.45, 7) is 11.3. The molecule has 1 fully saturated rings. The van der Waals surface area contributed by atoms with E-state index in [0.29, 0.717) is 6.04 Å². The lowest BCUT2D eigenvalue weighted by atomic mass is 9.95. The third kappa shape index (κ3) is 2.57. The summed E-state index contributed by atoms with van der Waals surface area (Å²) in [6.07, 6.45) is 2.73. The molecule has 1 saturated heterocycles. The van der Waals surface area contributed by atoms with Gasteiger partial charge in [-0.15, -0.1) is 0 Å². The smallest absolute Gasteiger partial charge is 0.0476 e. The third-order valence-electron chi connectivity index (χ3n) is 4.85. The van der Waals surface area contributed by atoms with Gasteiger partial charge in [-0.3, -0.25) is 4.90 Å². The SMILES string of the molecule is CCN(CC)c1ccc2c(c1)CNC[C@H]2N1CCCC1. The van der Waals surface area contributed by atoms with Crippen molar-refractivity contribution in [3.05, 3.63) is 29.3 Å². The van der Waals surface area contributed by atoms with Crippen molar-refractivity contribution in [1.82, 2.24) is 10.2 Å². The Balaban J connectivity index is 1.87. The van der Waals surface area contributed by atoms with E-state index in [9.17, 15) is 0 Å². The minimum atomic E-state index is 0.590. The molecule has 0 bridgehead atoms. The van der Waals surface area contributed by atoms with Crippen molar-refractivity contribution in [3.8, 4) is 0 Å². The summed E-state index contributed by atoms with van der Waals surface area (Å²) in [5.74, 6) is 0. The van der Waals surface area contributed by atoms with Crippen LogP contribution in [0.3, 0.4) is 0 Å². The quantitative estimate of drug-likeness (QED) is 0.910. The van der Waals surface area contributed by atoms with Crippen LogP contribution in [0, 0.1) is 0 Å². The van der Waals surface area contributed by atoms with Crippen molar-refractivity contribution in [2.75, 3.05) is 37.6 Å². The van der Waals surface area contributed by atoms with Crippen LogP contribution in [0.1, 0.15) is 43.9 Å². The summed E-state index contributed by atoms with van der Waals surface area (Å²) in [4.78, 5) is 5.09. The Labute approximate surface area is 123 Å². The van der Waals surface area contributed by atoms with Gasteiger partial charge in [-0.1, -0.05) is 6.07 Å². The van der Waals surface area contributed by atoms with Crippen molar-refractivity contribution in [3.63, 3.8) is 0 Å². The highest BCUT2D eigenvalue weighted by molar-refractivity contribution is 5.52. The molecule has 0 aromatic heterocycles. The first-order valence-electron chi connectivity index (χ1n) is 8.16. The normalized spacial score (nSPS) is 22.8. The number of anilines is 1. The fraction of sp³-hybridized carbons (Fsp3) is 0.647.